The van der Waals surface area contributed by atoms with E-state index in [1.165, 1.54) is 0 Å². The number of aryl methyl sites for hydroxylation is 2. The number of rotatable bonds is 5. The first-order chi connectivity index (χ1) is 10.9. The van der Waals surface area contributed by atoms with Crippen molar-refractivity contribution >= 4 is 17.5 Å². The summed E-state index contributed by atoms with van der Waals surface area (Å²) in [4.78, 5) is 26.1. The van der Waals surface area contributed by atoms with Crippen molar-refractivity contribution < 1.29 is 9.59 Å². The zero-order valence-electron chi connectivity index (χ0n) is 14.1. The molecule has 0 bridgehead atoms. The molecule has 0 saturated carbocycles. The summed E-state index contributed by atoms with van der Waals surface area (Å²) in [5.74, 6) is -0.157. The van der Waals surface area contributed by atoms with E-state index in [-0.39, 0.29) is 30.3 Å². The van der Waals surface area contributed by atoms with Crippen LogP contribution >= 0.6 is 0 Å². The lowest BCUT2D eigenvalue weighted by atomic mass is 10.1. The molecular formula is C17H26N4O2. The van der Waals surface area contributed by atoms with Crippen LogP contribution in [0.2, 0.25) is 0 Å². The van der Waals surface area contributed by atoms with Gasteiger partial charge in [0.2, 0.25) is 11.8 Å². The lowest BCUT2D eigenvalue weighted by molar-refractivity contribution is -0.125. The molecule has 6 heteroatoms. The Kier molecular flexibility index (Phi) is 5.74. The van der Waals surface area contributed by atoms with Crippen molar-refractivity contribution in [2.24, 2.45) is 5.73 Å². The highest BCUT2D eigenvalue weighted by Crippen LogP contribution is 2.16. The number of hydrogen-bond donors (Lipinski definition) is 3. The largest absolute Gasteiger partial charge is 0.354 e. The van der Waals surface area contributed by atoms with Crippen LogP contribution in [0.5, 0.6) is 0 Å². The quantitative estimate of drug-likeness (QED) is 0.749. The predicted molar refractivity (Wildman–Crippen MR) is 91.2 cm³/mol. The molecule has 1 aromatic rings. The van der Waals surface area contributed by atoms with Gasteiger partial charge < -0.3 is 16.4 Å². The Balaban J connectivity index is 1.76. The highest BCUT2D eigenvalue weighted by atomic mass is 16.2. The van der Waals surface area contributed by atoms with E-state index in [9.17, 15) is 9.59 Å². The number of amides is 2. The number of nitrogens with one attached hydrogen (secondary N) is 2. The summed E-state index contributed by atoms with van der Waals surface area (Å²) in [6.45, 7) is 4.99. The molecule has 2 atom stereocenters. The lowest BCUT2D eigenvalue weighted by Gasteiger charge is -2.18. The van der Waals surface area contributed by atoms with Gasteiger partial charge in [0.25, 0.3) is 0 Å². The molecule has 2 amide bonds. The molecule has 6 nitrogen and oxygen atoms in total. The Labute approximate surface area is 137 Å². The summed E-state index contributed by atoms with van der Waals surface area (Å²) in [7, 11) is 1.89. The average molecular weight is 318 g/mol. The second-order valence-corrected chi connectivity index (χ2v) is 6.36. The van der Waals surface area contributed by atoms with Crippen LogP contribution < -0.4 is 16.4 Å². The molecule has 0 radical (unpaired) electrons. The van der Waals surface area contributed by atoms with Gasteiger partial charge in [-0.1, -0.05) is 12.1 Å². The number of carbonyl (C=O) groups excluding carboxylic acids is 2. The molecule has 0 unspecified atom stereocenters. The van der Waals surface area contributed by atoms with Gasteiger partial charge in [-0.15, -0.1) is 0 Å². The number of nitrogens with zero attached hydrogens (tertiary/aromatic N) is 1. The molecule has 1 aliphatic rings. The minimum atomic E-state index is -0.188. The third-order valence-electron chi connectivity index (χ3n) is 4.20. The lowest BCUT2D eigenvalue weighted by Crippen LogP contribution is -2.42. The molecular weight excluding hydrogens is 292 g/mol. The van der Waals surface area contributed by atoms with Gasteiger partial charge in [-0.3, -0.25) is 14.5 Å². The maximum absolute atomic E-state index is 12.1. The maximum Gasteiger partial charge on any atom is 0.237 e. The first kappa shape index (κ1) is 17.4. The molecule has 1 saturated heterocycles. The minimum Gasteiger partial charge on any atom is -0.354 e. The summed E-state index contributed by atoms with van der Waals surface area (Å²) < 4.78 is 0. The summed E-state index contributed by atoms with van der Waals surface area (Å²) in [6.07, 6.45) is 0.915. The average Bonchev–Trinajstić information content (AvgIpc) is 2.81. The Hall–Kier alpha value is -1.92. The normalized spacial score (nSPS) is 21.2. The molecule has 2 rings (SSSR count). The number of carbonyl (C=O) groups is 2. The van der Waals surface area contributed by atoms with Gasteiger partial charge in [0, 0.05) is 31.2 Å². The van der Waals surface area contributed by atoms with Gasteiger partial charge in [-0.05, 0) is 44.5 Å². The van der Waals surface area contributed by atoms with Gasteiger partial charge in [0.15, 0.2) is 0 Å². The first-order valence-corrected chi connectivity index (χ1v) is 7.97. The van der Waals surface area contributed by atoms with Crippen molar-refractivity contribution in [3.8, 4) is 0 Å². The molecule has 126 valence electrons. The van der Waals surface area contributed by atoms with Crippen LogP contribution in [-0.2, 0) is 9.59 Å². The van der Waals surface area contributed by atoms with Crippen LogP contribution in [0.3, 0.4) is 0 Å². The Morgan fingerprint density at radius 3 is 2.74 bits per heavy atom. The maximum atomic E-state index is 12.1. The third-order valence-corrected chi connectivity index (χ3v) is 4.20. The van der Waals surface area contributed by atoms with E-state index in [0.29, 0.717) is 13.0 Å². The fourth-order valence-corrected chi connectivity index (χ4v) is 2.85. The Bertz CT molecular complexity index is 588. The predicted octanol–water partition coefficient (Wildman–Crippen LogP) is 0.780. The van der Waals surface area contributed by atoms with Crippen LogP contribution in [0.25, 0.3) is 0 Å². The number of likely N-dealkylation sites (tertiary alicyclic amines) is 1. The second-order valence-electron chi connectivity index (χ2n) is 6.36. The third kappa shape index (κ3) is 4.77. The van der Waals surface area contributed by atoms with Gasteiger partial charge in [-0.25, -0.2) is 0 Å². The monoisotopic (exact) mass is 318 g/mol. The summed E-state index contributed by atoms with van der Waals surface area (Å²) >= 11 is 0. The van der Waals surface area contributed by atoms with E-state index in [1.54, 1.807) is 0 Å². The molecule has 1 heterocycles. The van der Waals surface area contributed by atoms with Crippen LogP contribution in [-0.4, -0.2) is 48.9 Å². The Morgan fingerprint density at radius 1 is 1.35 bits per heavy atom. The number of anilines is 1. The number of benzene rings is 1. The fraction of sp³-hybridized carbons (Fsp3) is 0.529. The van der Waals surface area contributed by atoms with Gasteiger partial charge >= 0.3 is 0 Å². The van der Waals surface area contributed by atoms with Crippen LogP contribution in [0.15, 0.2) is 18.2 Å². The van der Waals surface area contributed by atoms with Gasteiger partial charge in [-0.2, -0.15) is 0 Å². The fourth-order valence-electron chi connectivity index (χ4n) is 2.85. The van der Waals surface area contributed by atoms with Crippen molar-refractivity contribution in [1.29, 1.82) is 0 Å². The van der Waals surface area contributed by atoms with E-state index in [4.69, 9.17) is 5.73 Å². The zero-order chi connectivity index (χ0) is 17.0. The molecule has 1 aliphatic heterocycles. The van der Waals surface area contributed by atoms with Crippen LogP contribution in [0.1, 0.15) is 24.0 Å². The van der Waals surface area contributed by atoms with Crippen molar-refractivity contribution in [2.45, 2.75) is 38.8 Å². The topological polar surface area (TPSA) is 87.5 Å². The highest BCUT2D eigenvalue weighted by molar-refractivity contribution is 5.92. The van der Waals surface area contributed by atoms with Crippen molar-refractivity contribution in [3.05, 3.63) is 29.3 Å². The molecule has 4 N–H and O–H groups in total. The van der Waals surface area contributed by atoms with E-state index >= 15 is 0 Å². The number of nitrogens with two attached hydrogens (primary N) is 1. The number of likely N-dealkylation sites (N-methyl/N-ethyl adjacent to an activating group) is 1. The molecule has 23 heavy (non-hydrogen) atoms. The van der Waals surface area contributed by atoms with Gasteiger partial charge in [0.05, 0.1) is 6.04 Å². The highest BCUT2D eigenvalue weighted by Gasteiger charge is 2.32. The Morgan fingerprint density at radius 2 is 2.09 bits per heavy atom. The van der Waals surface area contributed by atoms with Gasteiger partial charge in [0.1, 0.15) is 0 Å². The molecule has 0 aliphatic carbocycles. The van der Waals surface area contributed by atoms with E-state index in [2.05, 4.69) is 10.6 Å². The SMILES string of the molecule is Cc1ccc(C)c(NC(=O)CCNC(=O)[C@@H]2C[C@H](N)CN2C)c1. The van der Waals surface area contributed by atoms with E-state index in [1.807, 2.05) is 44.0 Å². The smallest absolute Gasteiger partial charge is 0.237 e. The number of hydrogen-bond acceptors (Lipinski definition) is 4. The minimum absolute atomic E-state index is 0.0448. The molecule has 1 fully saturated rings. The first-order valence-electron chi connectivity index (χ1n) is 7.97. The van der Waals surface area contributed by atoms with E-state index in [0.717, 1.165) is 23.4 Å². The van der Waals surface area contributed by atoms with Crippen molar-refractivity contribution in [1.82, 2.24) is 10.2 Å². The van der Waals surface area contributed by atoms with Crippen LogP contribution in [0.4, 0.5) is 5.69 Å². The van der Waals surface area contributed by atoms with Crippen molar-refractivity contribution in [2.75, 3.05) is 25.5 Å². The van der Waals surface area contributed by atoms with Crippen molar-refractivity contribution in [3.63, 3.8) is 0 Å². The molecule has 1 aromatic carbocycles. The zero-order valence-corrected chi connectivity index (χ0v) is 14.1. The summed E-state index contributed by atoms with van der Waals surface area (Å²) in [6, 6.07) is 5.79. The molecule has 0 spiro atoms. The second kappa shape index (κ2) is 7.57. The molecule has 0 aromatic heterocycles. The standard InChI is InChI=1S/C17H26N4O2/c1-11-4-5-12(2)14(8-11)20-16(22)6-7-19-17(23)15-9-13(18)10-21(15)3/h4-5,8,13,15H,6-7,9-10,18H2,1-3H3,(H,19,23)(H,20,22)/t13-,15-/m0/s1. The van der Waals surface area contributed by atoms with E-state index < -0.39 is 0 Å². The van der Waals surface area contributed by atoms with Crippen LogP contribution in [0, 0.1) is 13.8 Å². The summed E-state index contributed by atoms with van der Waals surface area (Å²) in [5.41, 5.74) is 8.80. The summed E-state index contributed by atoms with van der Waals surface area (Å²) in [5, 5.41) is 5.71.